The molecule has 8 nitrogen and oxygen atoms in total. The molecule has 0 unspecified atom stereocenters. The van der Waals surface area contributed by atoms with Crippen LogP contribution in [0.1, 0.15) is 45.1 Å². The number of ether oxygens (including phenoxy) is 1. The molecule has 2 N–H and O–H groups in total. The van der Waals surface area contributed by atoms with Gasteiger partial charge in [0.15, 0.2) is 0 Å². The van der Waals surface area contributed by atoms with Crippen LogP contribution in [0.5, 0.6) is 5.75 Å². The van der Waals surface area contributed by atoms with E-state index < -0.39 is 45.8 Å². The first-order valence-electron chi connectivity index (χ1n) is 13.4. The number of anilines is 1. The van der Waals surface area contributed by atoms with Crippen LogP contribution in [0.4, 0.5) is 19.3 Å². The average Bonchev–Trinajstić information content (AvgIpc) is 3.44. The van der Waals surface area contributed by atoms with Gasteiger partial charge in [-0.05, 0) is 50.1 Å². The summed E-state index contributed by atoms with van der Waals surface area (Å²) < 4.78 is 62.5. The van der Waals surface area contributed by atoms with Crippen molar-refractivity contribution in [3.8, 4) is 17.6 Å². The number of benzene rings is 2. The van der Waals surface area contributed by atoms with Crippen LogP contribution in [0.3, 0.4) is 0 Å². The van der Waals surface area contributed by atoms with Crippen molar-refractivity contribution in [3.05, 3.63) is 53.6 Å². The van der Waals surface area contributed by atoms with Crippen molar-refractivity contribution in [1.29, 1.82) is 0 Å². The summed E-state index contributed by atoms with van der Waals surface area (Å²) in [6.07, 6.45) is 3.72. The normalized spacial score (nSPS) is 21.6. The van der Waals surface area contributed by atoms with E-state index in [0.717, 1.165) is 43.9 Å². The van der Waals surface area contributed by atoms with Crippen LogP contribution in [0, 0.1) is 35.3 Å². The summed E-state index contributed by atoms with van der Waals surface area (Å²) in [5.41, 5.74) is 0.315. The number of nitrogens with one attached hydrogen (secondary N) is 1. The first-order chi connectivity index (χ1) is 19.0. The monoisotopic (exact) mass is 575 g/mol. The van der Waals surface area contributed by atoms with Gasteiger partial charge >= 0.3 is 6.03 Å². The Hall–Kier alpha value is -3.20. The van der Waals surface area contributed by atoms with E-state index in [0.29, 0.717) is 11.5 Å². The summed E-state index contributed by atoms with van der Waals surface area (Å²) in [6.45, 7) is 3.09. The summed E-state index contributed by atoms with van der Waals surface area (Å²) in [5, 5.41) is 12.2. The predicted molar refractivity (Wildman–Crippen MR) is 147 cm³/mol. The second-order valence-electron chi connectivity index (χ2n) is 10.6. The number of aliphatic hydroxyl groups excluding tert-OH is 1. The lowest BCUT2D eigenvalue weighted by atomic mass is 10.0. The van der Waals surface area contributed by atoms with Gasteiger partial charge in [0, 0.05) is 43.1 Å². The molecule has 2 aromatic carbocycles. The molecule has 1 aliphatic heterocycles. The fourth-order valence-corrected chi connectivity index (χ4v) is 6.76. The molecule has 11 heteroatoms. The molecule has 1 fully saturated rings. The maximum Gasteiger partial charge on any atom is 0.321 e. The molecule has 0 spiro atoms. The molecule has 40 heavy (non-hydrogen) atoms. The maximum atomic E-state index is 14.1. The fraction of sp³-hybridized carbons (Fsp3) is 0.483. The fourth-order valence-electron chi connectivity index (χ4n) is 4.93. The van der Waals surface area contributed by atoms with Gasteiger partial charge in [0.05, 0.1) is 18.8 Å². The third kappa shape index (κ3) is 6.74. The van der Waals surface area contributed by atoms with E-state index in [2.05, 4.69) is 17.2 Å². The first kappa shape index (κ1) is 29.8. The largest absolute Gasteiger partial charge is 0.487 e. The molecule has 0 radical (unpaired) electrons. The van der Waals surface area contributed by atoms with Crippen LogP contribution in [-0.4, -0.2) is 67.7 Å². The Morgan fingerprint density at radius 3 is 2.65 bits per heavy atom. The lowest BCUT2D eigenvalue weighted by Gasteiger charge is -2.37. The van der Waals surface area contributed by atoms with Crippen LogP contribution in [0.2, 0.25) is 0 Å². The van der Waals surface area contributed by atoms with Crippen molar-refractivity contribution < 1.29 is 31.8 Å². The lowest BCUT2D eigenvalue weighted by Crippen LogP contribution is -2.50. The molecule has 1 heterocycles. The zero-order valence-corrected chi connectivity index (χ0v) is 23.7. The average molecular weight is 576 g/mol. The minimum absolute atomic E-state index is 0.0166. The number of hydrogen-bond donors (Lipinski definition) is 2. The maximum absolute atomic E-state index is 14.1. The number of halogens is 2. The highest BCUT2D eigenvalue weighted by Crippen LogP contribution is 2.34. The molecular weight excluding hydrogens is 540 g/mol. The minimum atomic E-state index is -4.02. The summed E-state index contributed by atoms with van der Waals surface area (Å²) in [6, 6.07) is 6.10. The van der Waals surface area contributed by atoms with Crippen LogP contribution < -0.4 is 10.1 Å². The van der Waals surface area contributed by atoms with E-state index in [9.17, 15) is 27.1 Å². The van der Waals surface area contributed by atoms with Gasteiger partial charge in [-0.1, -0.05) is 31.6 Å². The Bertz CT molecular complexity index is 1400. The topological polar surface area (TPSA) is 99.2 Å². The van der Waals surface area contributed by atoms with Crippen LogP contribution in [0.15, 0.2) is 41.3 Å². The number of hydrogen-bond acceptors (Lipinski definition) is 5. The molecule has 1 aliphatic carbocycles. The van der Waals surface area contributed by atoms with E-state index in [1.54, 1.807) is 26.0 Å². The molecule has 4 rings (SSSR count). The number of aliphatic hydroxyl groups is 1. The van der Waals surface area contributed by atoms with Gasteiger partial charge in [-0.2, -0.15) is 4.31 Å². The van der Waals surface area contributed by atoms with Crippen molar-refractivity contribution in [2.75, 3.05) is 32.1 Å². The number of rotatable bonds is 5. The summed E-state index contributed by atoms with van der Waals surface area (Å²) >= 11 is 0. The van der Waals surface area contributed by atoms with Gasteiger partial charge in [0.25, 0.3) is 0 Å². The number of amides is 2. The van der Waals surface area contributed by atoms with Crippen molar-refractivity contribution in [2.24, 2.45) is 11.8 Å². The molecule has 2 aromatic rings. The third-order valence-electron chi connectivity index (χ3n) is 7.41. The number of carbonyl (C=O) groups is 1. The van der Waals surface area contributed by atoms with Crippen molar-refractivity contribution in [1.82, 2.24) is 9.21 Å². The molecule has 0 aromatic heterocycles. The van der Waals surface area contributed by atoms with Crippen molar-refractivity contribution in [2.45, 2.75) is 56.6 Å². The highest BCUT2D eigenvalue weighted by atomic mass is 32.2. The SMILES string of the molecule is C[C@@H]1CN([C@@H](C)CO)S(=O)(=O)c2ccc(C#CC3CCCC3)cc2O[C@@H]1CN(C)C(=O)Nc1cc(F)ccc1F. The predicted octanol–water partition coefficient (Wildman–Crippen LogP) is 4.44. The zero-order chi connectivity index (χ0) is 29.0. The highest BCUT2D eigenvalue weighted by Gasteiger charge is 2.38. The number of fused-ring (bicyclic) bond motifs is 1. The van der Waals surface area contributed by atoms with Crippen molar-refractivity contribution in [3.63, 3.8) is 0 Å². The van der Waals surface area contributed by atoms with Gasteiger partial charge < -0.3 is 20.1 Å². The Kier molecular flexibility index (Phi) is 9.33. The Morgan fingerprint density at radius 1 is 1.23 bits per heavy atom. The Balaban J connectivity index is 1.64. The molecule has 2 aliphatic rings. The Morgan fingerprint density at radius 2 is 1.95 bits per heavy atom. The van der Waals surface area contributed by atoms with Crippen LogP contribution >= 0.6 is 0 Å². The van der Waals surface area contributed by atoms with Crippen LogP contribution in [-0.2, 0) is 10.0 Å². The lowest BCUT2D eigenvalue weighted by molar-refractivity contribution is 0.0830. The van der Waals surface area contributed by atoms with E-state index in [4.69, 9.17) is 4.74 Å². The van der Waals surface area contributed by atoms with Gasteiger partial charge in [-0.15, -0.1) is 0 Å². The third-order valence-corrected chi connectivity index (χ3v) is 9.43. The molecule has 2 amide bonds. The van der Waals surface area contributed by atoms with Crippen LogP contribution in [0.25, 0.3) is 0 Å². The molecule has 0 bridgehead atoms. The molecular formula is C29H35F2N3O5S. The Labute approximate surface area is 234 Å². The first-order valence-corrected chi connectivity index (χ1v) is 14.9. The van der Waals surface area contributed by atoms with E-state index >= 15 is 0 Å². The second kappa shape index (κ2) is 12.5. The summed E-state index contributed by atoms with van der Waals surface area (Å²) in [4.78, 5) is 14.1. The van der Waals surface area contributed by atoms with Gasteiger partial charge in [0.2, 0.25) is 10.0 Å². The quantitative estimate of drug-likeness (QED) is 0.514. The smallest absolute Gasteiger partial charge is 0.321 e. The molecule has 216 valence electrons. The minimum Gasteiger partial charge on any atom is -0.487 e. The molecule has 1 saturated carbocycles. The molecule has 0 saturated heterocycles. The number of carbonyl (C=O) groups excluding carboxylic acids is 1. The standard InChI is InChI=1S/C29H35F2N3O5S/c1-19-16-34(20(2)18-35)40(37,38)28-13-10-22(9-8-21-6-4-5-7-21)14-26(28)39-27(19)17-33(3)29(36)32-25-15-23(30)11-12-24(25)31/h10-15,19-21,27,35H,4-7,16-18H2,1-3H3,(H,32,36)/t19-,20+,27-/m1/s1. The van der Waals surface area contributed by atoms with E-state index in [1.165, 1.54) is 22.3 Å². The van der Waals surface area contributed by atoms with E-state index in [-0.39, 0.29) is 36.0 Å². The number of likely N-dealkylation sites (N-methyl/N-ethyl adjacent to an activating group) is 1. The zero-order valence-electron chi connectivity index (χ0n) is 22.9. The number of urea groups is 1. The number of nitrogens with zero attached hydrogens (tertiary/aromatic N) is 2. The van der Waals surface area contributed by atoms with Crippen molar-refractivity contribution >= 4 is 21.7 Å². The van der Waals surface area contributed by atoms with Gasteiger partial charge in [-0.25, -0.2) is 22.0 Å². The van der Waals surface area contributed by atoms with E-state index in [1.807, 2.05) is 0 Å². The second-order valence-corrected chi connectivity index (χ2v) is 12.4. The van der Waals surface area contributed by atoms with Gasteiger partial charge in [0.1, 0.15) is 28.4 Å². The summed E-state index contributed by atoms with van der Waals surface area (Å²) in [5.74, 6) is 4.96. The highest BCUT2D eigenvalue weighted by molar-refractivity contribution is 7.89. The molecule has 3 atom stereocenters. The summed E-state index contributed by atoms with van der Waals surface area (Å²) in [7, 11) is -2.54. The van der Waals surface area contributed by atoms with Gasteiger partial charge in [-0.3, -0.25) is 0 Å². The number of sulfonamides is 1.